The minimum Gasteiger partial charge on any atom is -0.489 e. The summed E-state index contributed by atoms with van der Waals surface area (Å²) in [6, 6.07) is 13.8. The Labute approximate surface area is 198 Å². The molecule has 0 amide bonds. The molecule has 0 spiro atoms. The number of H-pyrrole nitrogens is 1. The fourth-order valence-electron chi connectivity index (χ4n) is 3.35. The number of aliphatic carboxylic acids is 1. The van der Waals surface area contributed by atoms with E-state index in [1.165, 1.54) is 24.3 Å². The standard InChI is InChI=1S/C22H20N4O6S2/c1-13-10-14(17-4-2-3-5-18(17)23-13)12-32-15-6-8-16(9-7-15)34(30,31)26-19(21(27)28)11-20-24-25-22(29)33-20/h2-10,19,26H,11-12H2,1H3,(H,25,29)(H,27,28). The lowest BCUT2D eigenvalue weighted by atomic mass is 10.1. The van der Waals surface area contributed by atoms with Crippen molar-refractivity contribution in [2.75, 3.05) is 0 Å². The molecule has 176 valence electrons. The molecule has 0 saturated carbocycles. The van der Waals surface area contributed by atoms with Gasteiger partial charge in [-0.1, -0.05) is 29.5 Å². The number of hydrogen-bond donors (Lipinski definition) is 3. The van der Waals surface area contributed by atoms with Crippen molar-refractivity contribution in [1.29, 1.82) is 0 Å². The molecular weight excluding hydrogens is 480 g/mol. The smallest absolute Gasteiger partial charge is 0.322 e. The van der Waals surface area contributed by atoms with Crippen LogP contribution in [0.2, 0.25) is 0 Å². The number of benzene rings is 2. The molecule has 34 heavy (non-hydrogen) atoms. The van der Waals surface area contributed by atoms with Crippen LogP contribution < -0.4 is 14.3 Å². The van der Waals surface area contributed by atoms with E-state index in [0.717, 1.165) is 33.5 Å². The van der Waals surface area contributed by atoms with Gasteiger partial charge < -0.3 is 9.84 Å². The van der Waals surface area contributed by atoms with Gasteiger partial charge in [-0.3, -0.25) is 14.6 Å². The first-order valence-corrected chi connectivity index (χ1v) is 12.4. The first kappa shape index (κ1) is 23.5. The van der Waals surface area contributed by atoms with E-state index in [-0.39, 0.29) is 22.9 Å². The number of pyridine rings is 1. The van der Waals surface area contributed by atoms with Gasteiger partial charge in [0.15, 0.2) is 0 Å². The van der Waals surface area contributed by atoms with E-state index >= 15 is 0 Å². The maximum Gasteiger partial charge on any atom is 0.322 e. The first-order valence-electron chi connectivity index (χ1n) is 10.1. The lowest BCUT2D eigenvalue weighted by Crippen LogP contribution is -2.42. The van der Waals surface area contributed by atoms with Crippen LogP contribution in [0, 0.1) is 6.92 Å². The molecule has 4 rings (SSSR count). The number of fused-ring (bicyclic) bond motifs is 1. The van der Waals surface area contributed by atoms with Crippen molar-refractivity contribution < 1.29 is 23.1 Å². The normalized spacial score (nSPS) is 12.5. The summed E-state index contributed by atoms with van der Waals surface area (Å²) >= 11 is 0.721. The molecule has 4 aromatic rings. The molecule has 1 atom stereocenters. The highest BCUT2D eigenvalue weighted by Gasteiger charge is 2.27. The zero-order chi connectivity index (χ0) is 24.3. The maximum atomic E-state index is 12.7. The number of aromatic amines is 1. The molecule has 0 radical (unpaired) electrons. The summed E-state index contributed by atoms with van der Waals surface area (Å²) in [4.78, 5) is 26.7. The van der Waals surface area contributed by atoms with Crippen LogP contribution in [0.25, 0.3) is 10.9 Å². The minimum absolute atomic E-state index is 0.119. The average Bonchev–Trinajstić information content (AvgIpc) is 3.21. The number of para-hydroxylation sites is 1. The lowest BCUT2D eigenvalue weighted by Gasteiger charge is -2.14. The number of nitrogens with one attached hydrogen (secondary N) is 2. The molecule has 2 aromatic heterocycles. The summed E-state index contributed by atoms with van der Waals surface area (Å²) in [5.74, 6) is -0.931. The third-order valence-electron chi connectivity index (χ3n) is 4.91. The predicted octanol–water partition coefficient (Wildman–Crippen LogP) is 2.24. The Balaban J connectivity index is 1.46. The molecule has 0 bridgehead atoms. The van der Waals surface area contributed by atoms with Gasteiger partial charge >= 0.3 is 10.8 Å². The number of carboxylic acid groups (broad SMARTS) is 1. The van der Waals surface area contributed by atoms with Crippen molar-refractivity contribution in [3.05, 3.63) is 80.5 Å². The summed E-state index contributed by atoms with van der Waals surface area (Å²) in [6.07, 6.45) is -0.265. The number of sulfonamides is 1. The Bertz CT molecular complexity index is 1500. The van der Waals surface area contributed by atoms with Gasteiger partial charge in [-0.25, -0.2) is 13.5 Å². The highest BCUT2D eigenvalue weighted by molar-refractivity contribution is 7.89. The fraction of sp³-hybridized carbons (Fsp3) is 0.182. The number of carboxylic acids is 1. The number of rotatable bonds is 9. The number of ether oxygens (including phenoxy) is 1. The maximum absolute atomic E-state index is 12.7. The van der Waals surface area contributed by atoms with Crippen LogP contribution in [0.15, 0.2) is 64.3 Å². The van der Waals surface area contributed by atoms with Crippen LogP contribution in [0.5, 0.6) is 5.75 Å². The molecule has 0 aliphatic carbocycles. The minimum atomic E-state index is -4.14. The van der Waals surface area contributed by atoms with Crippen LogP contribution in [0.3, 0.4) is 0 Å². The van der Waals surface area contributed by atoms with Crippen molar-refractivity contribution in [2.45, 2.75) is 30.9 Å². The van der Waals surface area contributed by atoms with Crippen LogP contribution >= 0.6 is 11.3 Å². The van der Waals surface area contributed by atoms with Gasteiger partial charge in [0.2, 0.25) is 10.0 Å². The summed E-state index contributed by atoms with van der Waals surface area (Å²) in [6.45, 7) is 2.17. The second kappa shape index (κ2) is 9.71. The molecule has 0 aliphatic rings. The van der Waals surface area contributed by atoms with Crippen LogP contribution in [0.1, 0.15) is 16.3 Å². The molecule has 10 nitrogen and oxygen atoms in total. The second-order valence-electron chi connectivity index (χ2n) is 7.42. The zero-order valence-corrected chi connectivity index (χ0v) is 19.5. The van der Waals surface area contributed by atoms with E-state index in [1.807, 2.05) is 37.3 Å². The lowest BCUT2D eigenvalue weighted by molar-refractivity contribution is -0.138. The van der Waals surface area contributed by atoms with Crippen LogP contribution in [-0.2, 0) is 27.8 Å². The number of hydrogen-bond acceptors (Lipinski definition) is 8. The molecule has 1 unspecified atom stereocenters. The van der Waals surface area contributed by atoms with Crippen molar-refractivity contribution in [2.24, 2.45) is 0 Å². The van der Waals surface area contributed by atoms with E-state index in [9.17, 15) is 23.1 Å². The van der Waals surface area contributed by atoms with Crippen LogP contribution in [-0.4, -0.2) is 40.7 Å². The Morgan fingerprint density at radius 1 is 1.21 bits per heavy atom. The Morgan fingerprint density at radius 3 is 2.62 bits per heavy atom. The SMILES string of the molecule is Cc1cc(COc2ccc(S(=O)(=O)NC(Cc3n[nH]c(=O)s3)C(=O)O)cc2)c2ccccc2n1. The summed E-state index contributed by atoms with van der Waals surface area (Å²) in [5.41, 5.74) is 2.68. The van der Waals surface area contributed by atoms with E-state index in [1.54, 1.807) is 0 Å². The van der Waals surface area contributed by atoms with Gasteiger partial charge in [-0.15, -0.1) is 0 Å². The molecule has 12 heteroatoms. The molecule has 0 saturated heterocycles. The van der Waals surface area contributed by atoms with Crippen molar-refractivity contribution in [3.8, 4) is 5.75 Å². The molecule has 0 aliphatic heterocycles. The zero-order valence-electron chi connectivity index (χ0n) is 17.9. The van der Waals surface area contributed by atoms with Gasteiger partial charge in [-0.2, -0.15) is 9.82 Å². The number of aryl methyl sites for hydroxylation is 1. The third kappa shape index (κ3) is 5.47. The monoisotopic (exact) mass is 500 g/mol. The van der Waals surface area contributed by atoms with Crippen molar-refractivity contribution in [3.63, 3.8) is 0 Å². The van der Waals surface area contributed by atoms with E-state index in [0.29, 0.717) is 5.75 Å². The summed E-state index contributed by atoms with van der Waals surface area (Å²) in [5, 5.41) is 16.4. The number of aromatic nitrogens is 3. The molecule has 2 aromatic carbocycles. The number of nitrogens with zero attached hydrogens (tertiary/aromatic N) is 2. The summed E-state index contributed by atoms with van der Waals surface area (Å²) < 4.78 is 33.4. The topological polar surface area (TPSA) is 151 Å². The highest BCUT2D eigenvalue weighted by Crippen LogP contribution is 2.22. The largest absolute Gasteiger partial charge is 0.489 e. The van der Waals surface area contributed by atoms with Gasteiger partial charge in [-0.05, 0) is 43.3 Å². The van der Waals surface area contributed by atoms with Gasteiger partial charge in [0.25, 0.3) is 0 Å². The number of carbonyl (C=O) groups is 1. The first-order chi connectivity index (χ1) is 16.2. The van der Waals surface area contributed by atoms with Crippen molar-refractivity contribution in [1.82, 2.24) is 19.9 Å². The Hall–Kier alpha value is -3.61. The van der Waals surface area contributed by atoms with Crippen molar-refractivity contribution >= 4 is 38.2 Å². The van der Waals surface area contributed by atoms with Gasteiger partial charge in [0.1, 0.15) is 23.4 Å². The van der Waals surface area contributed by atoms with E-state index < -0.39 is 26.9 Å². The van der Waals surface area contributed by atoms with Crippen LogP contribution in [0.4, 0.5) is 0 Å². The second-order valence-corrected chi connectivity index (χ2v) is 10.2. The summed E-state index contributed by atoms with van der Waals surface area (Å²) in [7, 11) is -4.14. The average molecular weight is 501 g/mol. The van der Waals surface area contributed by atoms with Gasteiger partial charge in [0, 0.05) is 23.1 Å². The predicted molar refractivity (Wildman–Crippen MR) is 125 cm³/mol. The Morgan fingerprint density at radius 2 is 1.94 bits per heavy atom. The molecule has 2 heterocycles. The molecule has 0 fully saturated rings. The fourth-order valence-corrected chi connectivity index (χ4v) is 5.18. The molecule has 3 N–H and O–H groups in total. The third-order valence-corrected chi connectivity index (χ3v) is 7.17. The van der Waals surface area contributed by atoms with Gasteiger partial charge in [0.05, 0.1) is 10.4 Å². The van der Waals surface area contributed by atoms with E-state index in [2.05, 4.69) is 19.9 Å². The highest BCUT2D eigenvalue weighted by atomic mass is 32.2. The quantitative estimate of drug-likeness (QED) is 0.316. The molecular formula is C22H20N4O6S2. The Kier molecular flexibility index (Phi) is 6.72. The van der Waals surface area contributed by atoms with E-state index in [4.69, 9.17) is 4.74 Å².